The molecule has 1 heterocycles. The van der Waals surface area contributed by atoms with Crippen molar-refractivity contribution in [3.63, 3.8) is 0 Å². The Morgan fingerprint density at radius 3 is 2.70 bits per heavy atom. The number of aliphatic hydroxyl groups is 1. The van der Waals surface area contributed by atoms with Gasteiger partial charge in [0.1, 0.15) is 11.6 Å². The van der Waals surface area contributed by atoms with Gasteiger partial charge in [-0.15, -0.1) is 0 Å². The van der Waals surface area contributed by atoms with E-state index in [4.69, 9.17) is 4.74 Å². The van der Waals surface area contributed by atoms with Crippen LogP contribution in [0.5, 0.6) is 5.75 Å². The number of aromatic amines is 1. The van der Waals surface area contributed by atoms with Gasteiger partial charge >= 0.3 is 0 Å². The minimum absolute atomic E-state index is 0.142. The number of H-pyrrole nitrogens is 1. The number of aliphatic hydroxyl groups excluding tert-OH is 1. The molecule has 0 fully saturated rings. The fraction of sp³-hybridized carbons (Fsp3) is 0.200. The third kappa shape index (κ3) is 4.15. The molecule has 0 bridgehead atoms. The van der Waals surface area contributed by atoms with E-state index in [0.717, 1.165) is 11.1 Å². The zero-order chi connectivity index (χ0) is 19.4. The molecule has 1 aromatic heterocycles. The Hall–Kier alpha value is -3.19. The summed E-state index contributed by atoms with van der Waals surface area (Å²) < 4.78 is 18.5. The van der Waals surface area contributed by atoms with Crippen molar-refractivity contribution in [3.8, 4) is 5.75 Å². The first-order valence-electron chi connectivity index (χ1n) is 8.44. The zero-order valence-corrected chi connectivity index (χ0v) is 15.0. The Bertz CT molecular complexity index is 978. The number of aromatic nitrogens is 2. The number of ether oxygens (including phenoxy) is 1. The number of rotatable bonds is 6. The van der Waals surface area contributed by atoms with Crippen LogP contribution in [-0.2, 0) is 0 Å². The molecular formula is C20H20FN3O3. The van der Waals surface area contributed by atoms with Crippen LogP contribution in [0.15, 0.2) is 36.4 Å². The monoisotopic (exact) mass is 369 g/mol. The number of carbonyl (C=O) groups excluding carboxylic acids is 1. The molecule has 0 saturated carbocycles. The molecule has 0 saturated heterocycles. The molecule has 27 heavy (non-hydrogen) atoms. The second kappa shape index (κ2) is 8.01. The Kier molecular flexibility index (Phi) is 5.52. The van der Waals surface area contributed by atoms with Crippen LogP contribution in [0.3, 0.4) is 0 Å². The third-order valence-corrected chi connectivity index (χ3v) is 4.02. The molecule has 0 spiro atoms. The maximum atomic E-state index is 13.0. The van der Waals surface area contributed by atoms with Crippen LogP contribution in [0.2, 0.25) is 0 Å². The first-order chi connectivity index (χ1) is 13.0. The van der Waals surface area contributed by atoms with Crippen molar-refractivity contribution in [2.75, 3.05) is 13.7 Å². The van der Waals surface area contributed by atoms with Gasteiger partial charge in [0.25, 0.3) is 5.91 Å². The molecule has 1 amide bonds. The highest BCUT2D eigenvalue weighted by Gasteiger charge is 2.18. The quantitative estimate of drug-likeness (QED) is 0.623. The molecular weight excluding hydrogens is 349 g/mol. The maximum Gasteiger partial charge on any atom is 0.255 e. The summed E-state index contributed by atoms with van der Waals surface area (Å²) in [5.41, 5.74) is 2.48. The number of nitrogens with zero attached hydrogens (tertiary/aromatic N) is 1. The van der Waals surface area contributed by atoms with Gasteiger partial charge in [0.05, 0.1) is 35.4 Å². The van der Waals surface area contributed by atoms with E-state index in [1.165, 1.54) is 19.2 Å². The standard InChI is InChI=1S/C20H20FN3O3/c1-12(25)11-22-20(26)15-8-10-17-18(19(15)27-2)16(23-24-17)9-5-13-3-6-14(21)7-4-13/h3-10,12,25H,11H2,1-2H3,(H,22,26)(H,23,24)/t12-/m1/s1. The van der Waals surface area contributed by atoms with E-state index in [1.54, 1.807) is 43.3 Å². The molecule has 3 N–H and O–H groups in total. The highest BCUT2D eigenvalue weighted by atomic mass is 19.1. The van der Waals surface area contributed by atoms with Gasteiger partial charge in [-0.05, 0) is 42.8 Å². The van der Waals surface area contributed by atoms with Crippen LogP contribution in [0.4, 0.5) is 4.39 Å². The van der Waals surface area contributed by atoms with E-state index in [0.29, 0.717) is 22.4 Å². The van der Waals surface area contributed by atoms with Crippen molar-refractivity contribution in [2.24, 2.45) is 0 Å². The lowest BCUT2D eigenvalue weighted by molar-refractivity contribution is 0.0921. The average molecular weight is 369 g/mol. The third-order valence-electron chi connectivity index (χ3n) is 4.02. The minimum atomic E-state index is -0.646. The van der Waals surface area contributed by atoms with E-state index in [1.807, 2.05) is 0 Å². The van der Waals surface area contributed by atoms with Crippen LogP contribution in [0.25, 0.3) is 23.1 Å². The van der Waals surface area contributed by atoms with E-state index in [2.05, 4.69) is 15.5 Å². The van der Waals surface area contributed by atoms with Crippen molar-refractivity contribution < 1.29 is 19.0 Å². The van der Waals surface area contributed by atoms with Gasteiger partial charge in [-0.25, -0.2) is 4.39 Å². The second-order valence-corrected chi connectivity index (χ2v) is 6.12. The summed E-state index contributed by atoms with van der Waals surface area (Å²) in [6, 6.07) is 9.47. The lowest BCUT2D eigenvalue weighted by atomic mass is 10.1. The van der Waals surface area contributed by atoms with Crippen LogP contribution in [-0.4, -0.2) is 41.0 Å². The molecule has 1 atom stereocenters. The van der Waals surface area contributed by atoms with Gasteiger partial charge in [0, 0.05) is 6.54 Å². The Morgan fingerprint density at radius 2 is 2.04 bits per heavy atom. The molecule has 0 unspecified atom stereocenters. The fourth-order valence-corrected chi connectivity index (χ4v) is 2.70. The molecule has 0 radical (unpaired) electrons. The van der Waals surface area contributed by atoms with E-state index < -0.39 is 6.10 Å². The molecule has 7 heteroatoms. The molecule has 0 aliphatic carbocycles. The van der Waals surface area contributed by atoms with E-state index in [9.17, 15) is 14.3 Å². The van der Waals surface area contributed by atoms with Crippen LogP contribution >= 0.6 is 0 Å². The minimum Gasteiger partial charge on any atom is -0.495 e. The van der Waals surface area contributed by atoms with Crippen LogP contribution in [0.1, 0.15) is 28.5 Å². The summed E-state index contributed by atoms with van der Waals surface area (Å²) in [4.78, 5) is 12.4. The lowest BCUT2D eigenvalue weighted by Gasteiger charge is -2.11. The molecule has 2 aromatic carbocycles. The summed E-state index contributed by atoms with van der Waals surface area (Å²) in [6.45, 7) is 1.73. The number of halogens is 1. The predicted molar refractivity (Wildman–Crippen MR) is 102 cm³/mol. The Labute approximate surface area is 155 Å². The topological polar surface area (TPSA) is 87.2 Å². The summed E-state index contributed by atoms with van der Waals surface area (Å²) in [5, 5.41) is 19.9. The fourth-order valence-electron chi connectivity index (χ4n) is 2.70. The first-order valence-corrected chi connectivity index (χ1v) is 8.44. The maximum absolute atomic E-state index is 13.0. The van der Waals surface area contributed by atoms with E-state index >= 15 is 0 Å². The van der Waals surface area contributed by atoms with Crippen molar-refractivity contribution in [1.82, 2.24) is 15.5 Å². The highest BCUT2D eigenvalue weighted by Crippen LogP contribution is 2.32. The Morgan fingerprint density at radius 1 is 1.30 bits per heavy atom. The molecule has 3 aromatic rings. The molecule has 140 valence electrons. The molecule has 0 aliphatic heterocycles. The van der Waals surface area contributed by atoms with E-state index in [-0.39, 0.29) is 18.3 Å². The van der Waals surface area contributed by atoms with Gasteiger partial charge in [0.2, 0.25) is 0 Å². The van der Waals surface area contributed by atoms with Gasteiger partial charge in [-0.2, -0.15) is 5.10 Å². The number of benzene rings is 2. The smallest absolute Gasteiger partial charge is 0.255 e. The number of amides is 1. The van der Waals surface area contributed by atoms with Gasteiger partial charge in [-0.3, -0.25) is 9.89 Å². The van der Waals surface area contributed by atoms with Crippen molar-refractivity contribution in [3.05, 3.63) is 59.0 Å². The number of methoxy groups -OCH3 is 1. The number of carbonyl (C=O) groups is 1. The highest BCUT2D eigenvalue weighted by molar-refractivity contribution is 6.05. The average Bonchev–Trinajstić information content (AvgIpc) is 3.08. The largest absolute Gasteiger partial charge is 0.495 e. The van der Waals surface area contributed by atoms with Gasteiger partial charge in [-0.1, -0.05) is 18.2 Å². The first kappa shape index (κ1) is 18.6. The van der Waals surface area contributed by atoms with Crippen LogP contribution in [0, 0.1) is 5.82 Å². The second-order valence-electron chi connectivity index (χ2n) is 6.12. The summed E-state index contributed by atoms with van der Waals surface area (Å²) >= 11 is 0. The molecule has 3 rings (SSSR count). The van der Waals surface area contributed by atoms with Crippen molar-refractivity contribution in [2.45, 2.75) is 13.0 Å². The summed E-state index contributed by atoms with van der Waals surface area (Å²) in [6.07, 6.45) is 2.92. The molecule has 6 nitrogen and oxygen atoms in total. The number of fused-ring (bicyclic) bond motifs is 1. The van der Waals surface area contributed by atoms with Gasteiger partial charge < -0.3 is 15.2 Å². The van der Waals surface area contributed by atoms with Crippen molar-refractivity contribution in [1.29, 1.82) is 0 Å². The predicted octanol–water partition coefficient (Wildman–Crippen LogP) is 2.99. The molecule has 0 aliphatic rings. The number of hydrogen-bond donors (Lipinski definition) is 3. The number of nitrogens with one attached hydrogen (secondary N) is 2. The van der Waals surface area contributed by atoms with Gasteiger partial charge in [0.15, 0.2) is 0 Å². The summed E-state index contributed by atoms with van der Waals surface area (Å²) in [5.74, 6) is -0.251. The number of hydrogen-bond acceptors (Lipinski definition) is 4. The normalized spacial score (nSPS) is 12.4. The summed E-state index contributed by atoms with van der Waals surface area (Å²) in [7, 11) is 1.49. The van der Waals surface area contributed by atoms with Crippen molar-refractivity contribution >= 4 is 29.0 Å². The van der Waals surface area contributed by atoms with Crippen LogP contribution < -0.4 is 10.1 Å². The Balaban J connectivity index is 1.98. The SMILES string of the molecule is COc1c(C(=O)NC[C@@H](C)O)ccc2[nH]nc(C=Cc3ccc(F)cc3)c12. The zero-order valence-electron chi connectivity index (χ0n) is 15.0. The lowest BCUT2D eigenvalue weighted by Crippen LogP contribution is -2.30.